The summed E-state index contributed by atoms with van der Waals surface area (Å²) in [5, 5.41) is 9.82. The van der Waals surface area contributed by atoms with Crippen LogP contribution in [0.5, 0.6) is 0 Å². The Morgan fingerprint density at radius 1 is 1.44 bits per heavy atom. The molecular weight excluding hydrogens is 206 g/mol. The Morgan fingerprint density at radius 2 is 2.00 bits per heavy atom. The molecule has 2 atom stereocenters. The molecule has 0 radical (unpaired) electrons. The van der Waals surface area contributed by atoms with E-state index < -0.39 is 6.10 Å². The van der Waals surface area contributed by atoms with E-state index in [2.05, 4.69) is 0 Å². The highest BCUT2D eigenvalue weighted by Gasteiger charge is 2.36. The maximum absolute atomic E-state index is 11.6. The predicted molar refractivity (Wildman–Crippen MR) is 60.6 cm³/mol. The van der Waals surface area contributed by atoms with Crippen LogP contribution in [-0.2, 0) is 9.59 Å². The van der Waals surface area contributed by atoms with Crippen LogP contribution in [-0.4, -0.2) is 34.5 Å². The minimum absolute atomic E-state index is 0.00312. The van der Waals surface area contributed by atoms with Crippen molar-refractivity contribution in [3.8, 4) is 0 Å². The Labute approximate surface area is 96.6 Å². The van der Waals surface area contributed by atoms with Gasteiger partial charge < -0.3 is 5.11 Å². The molecular formula is C12H21NO3. The number of aliphatic hydroxyl groups is 1. The fourth-order valence-corrected chi connectivity index (χ4v) is 2.02. The Morgan fingerprint density at radius 3 is 2.38 bits per heavy atom. The summed E-state index contributed by atoms with van der Waals surface area (Å²) in [4.78, 5) is 24.3. The normalized spacial score (nSPS) is 24.1. The average Bonchev–Trinajstić information content (AvgIpc) is 2.29. The first-order valence-electron chi connectivity index (χ1n) is 5.73. The molecule has 0 saturated carbocycles. The molecule has 1 rings (SSSR count). The number of aliphatic hydroxyl groups excluding tert-OH is 1. The average molecular weight is 227 g/mol. The number of nitrogens with zero attached hydrogens (tertiary/aromatic N) is 1. The van der Waals surface area contributed by atoms with Gasteiger partial charge in [0.25, 0.3) is 0 Å². The molecule has 1 N–H and O–H groups in total. The number of β-amino-alcohol motifs (C(OH)–C–C–N with tert-alkyl or cyclic N) is 1. The lowest BCUT2D eigenvalue weighted by Crippen LogP contribution is -2.38. The third kappa shape index (κ3) is 3.30. The van der Waals surface area contributed by atoms with Crippen LogP contribution in [0, 0.1) is 11.3 Å². The van der Waals surface area contributed by atoms with Gasteiger partial charge in [-0.1, -0.05) is 27.7 Å². The van der Waals surface area contributed by atoms with E-state index >= 15 is 0 Å². The lowest BCUT2D eigenvalue weighted by Gasteiger charge is -2.25. The number of carbonyl (C=O) groups excluding carboxylic acids is 2. The van der Waals surface area contributed by atoms with Crippen molar-refractivity contribution in [3.05, 3.63) is 0 Å². The van der Waals surface area contributed by atoms with E-state index in [1.54, 1.807) is 6.92 Å². The summed E-state index contributed by atoms with van der Waals surface area (Å²) in [6.45, 7) is 7.95. The monoisotopic (exact) mass is 227 g/mol. The number of rotatable bonds is 3. The van der Waals surface area contributed by atoms with E-state index in [1.807, 2.05) is 20.8 Å². The van der Waals surface area contributed by atoms with Crippen LogP contribution < -0.4 is 0 Å². The zero-order valence-corrected chi connectivity index (χ0v) is 10.5. The molecule has 2 amide bonds. The summed E-state index contributed by atoms with van der Waals surface area (Å²) < 4.78 is 0. The molecule has 16 heavy (non-hydrogen) atoms. The fraction of sp³-hybridized carbons (Fsp3) is 0.833. The van der Waals surface area contributed by atoms with E-state index in [0.29, 0.717) is 6.42 Å². The van der Waals surface area contributed by atoms with Crippen molar-refractivity contribution in [2.75, 3.05) is 6.54 Å². The second-order valence-electron chi connectivity index (χ2n) is 5.87. The third-order valence-corrected chi connectivity index (χ3v) is 2.71. The molecule has 92 valence electrons. The Kier molecular flexibility index (Phi) is 3.73. The number of likely N-dealkylation sites (tertiary alicyclic amines) is 1. The topological polar surface area (TPSA) is 57.6 Å². The van der Waals surface area contributed by atoms with Crippen molar-refractivity contribution in [2.24, 2.45) is 11.3 Å². The summed E-state index contributed by atoms with van der Waals surface area (Å²) in [5.41, 5.74) is -0.00312. The van der Waals surface area contributed by atoms with Gasteiger partial charge in [-0.2, -0.15) is 0 Å². The number of hydrogen-bond donors (Lipinski definition) is 1. The Bertz CT molecular complexity index is 293. The van der Waals surface area contributed by atoms with Crippen LogP contribution in [0.15, 0.2) is 0 Å². The van der Waals surface area contributed by atoms with E-state index in [1.165, 1.54) is 4.90 Å². The standard InChI is InChI=1S/C12H21NO3/c1-8-5-10(15)13(11(8)16)7-9(14)6-12(2,3)4/h8-9,14H,5-7H2,1-4H3. The Hall–Kier alpha value is -0.900. The zero-order chi connectivity index (χ0) is 12.5. The minimum Gasteiger partial charge on any atom is -0.391 e. The van der Waals surface area contributed by atoms with Crippen molar-refractivity contribution in [1.82, 2.24) is 4.90 Å². The second-order valence-corrected chi connectivity index (χ2v) is 5.87. The van der Waals surface area contributed by atoms with Crippen molar-refractivity contribution >= 4 is 11.8 Å². The molecule has 0 aromatic rings. The van der Waals surface area contributed by atoms with Crippen LogP contribution in [0.4, 0.5) is 0 Å². The van der Waals surface area contributed by atoms with Crippen LogP contribution >= 0.6 is 0 Å². The molecule has 1 fully saturated rings. The van der Waals surface area contributed by atoms with Gasteiger partial charge in [-0.3, -0.25) is 14.5 Å². The van der Waals surface area contributed by atoms with Gasteiger partial charge in [-0.25, -0.2) is 0 Å². The summed E-state index contributed by atoms with van der Waals surface area (Å²) in [6, 6.07) is 0. The van der Waals surface area contributed by atoms with Crippen LogP contribution in [0.2, 0.25) is 0 Å². The molecule has 0 bridgehead atoms. The molecule has 0 aliphatic carbocycles. The highest BCUT2D eigenvalue weighted by molar-refractivity contribution is 6.03. The third-order valence-electron chi connectivity index (χ3n) is 2.71. The molecule has 2 unspecified atom stereocenters. The smallest absolute Gasteiger partial charge is 0.232 e. The number of hydrogen-bond acceptors (Lipinski definition) is 3. The first-order valence-corrected chi connectivity index (χ1v) is 5.73. The molecule has 1 saturated heterocycles. The van der Waals surface area contributed by atoms with Crippen molar-refractivity contribution in [3.63, 3.8) is 0 Å². The molecule has 0 spiro atoms. The van der Waals surface area contributed by atoms with Gasteiger partial charge in [0.2, 0.25) is 11.8 Å². The number of carbonyl (C=O) groups is 2. The molecule has 4 heteroatoms. The van der Waals surface area contributed by atoms with Gasteiger partial charge in [0, 0.05) is 12.3 Å². The molecule has 1 aliphatic heterocycles. The predicted octanol–water partition coefficient (Wildman–Crippen LogP) is 1.18. The van der Waals surface area contributed by atoms with E-state index in [9.17, 15) is 14.7 Å². The molecule has 0 aromatic carbocycles. The van der Waals surface area contributed by atoms with Gasteiger partial charge in [-0.15, -0.1) is 0 Å². The maximum atomic E-state index is 11.6. The highest BCUT2D eigenvalue weighted by atomic mass is 16.3. The van der Waals surface area contributed by atoms with Crippen LogP contribution in [0.1, 0.15) is 40.5 Å². The lowest BCUT2D eigenvalue weighted by atomic mass is 9.89. The van der Waals surface area contributed by atoms with Crippen molar-refractivity contribution < 1.29 is 14.7 Å². The summed E-state index contributed by atoms with van der Waals surface area (Å²) >= 11 is 0. The van der Waals surface area contributed by atoms with Gasteiger partial charge in [-0.05, 0) is 11.8 Å². The quantitative estimate of drug-likeness (QED) is 0.736. The van der Waals surface area contributed by atoms with Crippen molar-refractivity contribution in [2.45, 2.75) is 46.6 Å². The molecule has 1 heterocycles. The second kappa shape index (κ2) is 4.53. The number of imide groups is 1. The SMILES string of the molecule is CC1CC(=O)N(CC(O)CC(C)(C)C)C1=O. The Balaban J connectivity index is 2.54. The first kappa shape index (κ1) is 13.2. The van der Waals surface area contributed by atoms with Gasteiger partial charge in [0.05, 0.1) is 12.6 Å². The van der Waals surface area contributed by atoms with E-state index in [-0.39, 0.29) is 36.1 Å². The van der Waals surface area contributed by atoms with Gasteiger partial charge >= 0.3 is 0 Å². The van der Waals surface area contributed by atoms with E-state index in [0.717, 1.165) is 0 Å². The van der Waals surface area contributed by atoms with Gasteiger partial charge in [0.15, 0.2) is 0 Å². The molecule has 0 aromatic heterocycles. The van der Waals surface area contributed by atoms with Crippen LogP contribution in [0.25, 0.3) is 0 Å². The summed E-state index contributed by atoms with van der Waals surface area (Å²) in [7, 11) is 0. The summed E-state index contributed by atoms with van der Waals surface area (Å²) in [6.07, 6.45) is 0.234. The number of amides is 2. The van der Waals surface area contributed by atoms with Crippen molar-refractivity contribution in [1.29, 1.82) is 0 Å². The van der Waals surface area contributed by atoms with Gasteiger partial charge in [0.1, 0.15) is 0 Å². The molecule has 4 nitrogen and oxygen atoms in total. The molecule has 1 aliphatic rings. The fourth-order valence-electron chi connectivity index (χ4n) is 2.02. The maximum Gasteiger partial charge on any atom is 0.232 e. The summed E-state index contributed by atoms with van der Waals surface area (Å²) in [5.74, 6) is -0.544. The van der Waals surface area contributed by atoms with E-state index in [4.69, 9.17) is 0 Å². The largest absolute Gasteiger partial charge is 0.391 e. The first-order chi connectivity index (χ1) is 7.20. The highest BCUT2D eigenvalue weighted by Crippen LogP contribution is 2.24. The van der Waals surface area contributed by atoms with Crippen LogP contribution in [0.3, 0.4) is 0 Å². The minimum atomic E-state index is -0.627. The zero-order valence-electron chi connectivity index (χ0n) is 10.5. The lowest BCUT2D eigenvalue weighted by molar-refractivity contribution is -0.141.